The molecule has 0 unspecified atom stereocenters. The van der Waals surface area contributed by atoms with Crippen molar-refractivity contribution in [1.29, 1.82) is 0 Å². The van der Waals surface area contributed by atoms with Crippen LogP contribution in [0.1, 0.15) is 23.4 Å². The number of piperidine rings is 1. The van der Waals surface area contributed by atoms with E-state index in [1.807, 2.05) is 35.2 Å². The van der Waals surface area contributed by atoms with Crippen LogP contribution in [-0.4, -0.2) is 30.5 Å². The fourth-order valence-electron chi connectivity index (χ4n) is 2.59. The predicted octanol–water partition coefficient (Wildman–Crippen LogP) is 3.21. The zero-order valence-electron chi connectivity index (χ0n) is 11.9. The Morgan fingerprint density at radius 2 is 1.90 bits per heavy atom. The van der Waals surface area contributed by atoms with Gasteiger partial charge in [-0.05, 0) is 43.0 Å². The maximum absolute atomic E-state index is 12.1. The highest BCUT2D eigenvalue weighted by molar-refractivity contribution is 5.91. The lowest BCUT2D eigenvalue weighted by molar-refractivity contribution is 0.0630. The SMILES string of the molecule is O=C(c1ccco1)N1CCC(COc2ccccc2)CC1. The Hall–Kier alpha value is -2.23. The van der Waals surface area contributed by atoms with Crippen LogP contribution in [0, 0.1) is 5.92 Å². The molecule has 21 heavy (non-hydrogen) atoms. The highest BCUT2D eigenvalue weighted by Gasteiger charge is 2.25. The number of amides is 1. The van der Waals surface area contributed by atoms with Gasteiger partial charge in [0, 0.05) is 13.1 Å². The minimum atomic E-state index is -0.0116. The third-order valence-corrected chi connectivity index (χ3v) is 3.86. The predicted molar refractivity (Wildman–Crippen MR) is 79.3 cm³/mol. The Morgan fingerprint density at radius 1 is 1.14 bits per heavy atom. The first-order valence-corrected chi connectivity index (χ1v) is 7.33. The molecule has 0 bridgehead atoms. The van der Waals surface area contributed by atoms with Crippen LogP contribution >= 0.6 is 0 Å². The van der Waals surface area contributed by atoms with Crippen molar-refractivity contribution in [2.75, 3.05) is 19.7 Å². The smallest absolute Gasteiger partial charge is 0.289 e. The van der Waals surface area contributed by atoms with Crippen molar-refractivity contribution >= 4 is 5.91 Å². The highest BCUT2D eigenvalue weighted by Crippen LogP contribution is 2.20. The first-order valence-electron chi connectivity index (χ1n) is 7.33. The molecular weight excluding hydrogens is 266 g/mol. The number of rotatable bonds is 4. The van der Waals surface area contributed by atoms with Gasteiger partial charge in [-0.1, -0.05) is 18.2 Å². The molecule has 0 N–H and O–H groups in total. The third-order valence-electron chi connectivity index (χ3n) is 3.86. The minimum absolute atomic E-state index is 0.0116. The van der Waals surface area contributed by atoms with E-state index >= 15 is 0 Å². The van der Waals surface area contributed by atoms with Crippen LogP contribution in [0.2, 0.25) is 0 Å². The Morgan fingerprint density at radius 3 is 2.57 bits per heavy atom. The highest BCUT2D eigenvalue weighted by atomic mass is 16.5. The molecule has 1 fully saturated rings. The van der Waals surface area contributed by atoms with Crippen molar-refractivity contribution in [2.45, 2.75) is 12.8 Å². The lowest BCUT2D eigenvalue weighted by atomic mass is 9.97. The second-order valence-corrected chi connectivity index (χ2v) is 5.34. The topological polar surface area (TPSA) is 42.7 Å². The summed E-state index contributed by atoms with van der Waals surface area (Å²) in [5.74, 6) is 1.83. The number of nitrogens with zero attached hydrogens (tertiary/aromatic N) is 1. The van der Waals surface area contributed by atoms with Crippen molar-refractivity contribution in [2.24, 2.45) is 5.92 Å². The van der Waals surface area contributed by atoms with E-state index in [0.717, 1.165) is 31.7 Å². The van der Waals surface area contributed by atoms with E-state index in [4.69, 9.17) is 9.15 Å². The summed E-state index contributed by atoms with van der Waals surface area (Å²) in [6.07, 6.45) is 3.48. The molecule has 0 saturated carbocycles. The first-order chi connectivity index (χ1) is 10.3. The van der Waals surface area contributed by atoms with Gasteiger partial charge in [-0.3, -0.25) is 4.79 Å². The minimum Gasteiger partial charge on any atom is -0.493 e. The maximum Gasteiger partial charge on any atom is 0.289 e. The van der Waals surface area contributed by atoms with Crippen LogP contribution in [0.4, 0.5) is 0 Å². The van der Waals surface area contributed by atoms with E-state index in [0.29, 0.717) is 18.3 Å². The molecule has 1 aromatic carbocycles. The van der Waals surface area contributed by atoms with Crippen molar-refractivity contribution in [1.82, 2.24) is 4.90 Å². The summed E-state index contributed by atoms with van der Waals surface area (Å²) >= 11 is 0. The Balaban J connectivity index is 1.46. The molecule has 0 spiro atoms. The van der Waals surface area contributed by atoms with Crippen molar-refractivity contribution in [3.05, 3.63) is 54.5 Å². The van der Waals surface area contributed by atoms with Gasteiger partial charge in [0.1, 0.15) is 5.75 Å². The van der Waals surface area contributed by atoms with E-state index in [1.54, 1.807) is 12.1 Å². The maximum atomic E-state index is 12.1. The van der Waals surface area contributed by atoms with Gasteiger partial charge in [0.25, 0.3) is 5.91 Å². The molecule has 1 saturated heterocycles. The number of hydrogen-bond donors (Lipinski definition) is 0. The lowest BCUT2D eigenvalue weighted by Crippen LogP contribution is -2.39. The molecule has 0 atom stereocenters. The summed E-state index contributed by atoms with van der Waals surface area (Å²) in [4.78, 5) is 14.0. The number of carbonyl (C=O) groups is 1. The molecule has 1 aromatic heterocycles. The molecule has 110 valence electrons. The number of furan rings is 1. The normalized spacial score (nSPS) is 15.9. The third kappa shape index (κ3) is 3.45. The van der Waals surface area contributed by atoms with E-state index in [1.165, 1.54) is 6.26 Å². The van der Waals surface area contributed by atoms with Gasteiger partial charge in [-0.25, -0.2) is 0 Å². The van der Waals surface area contributed by atoms with Crippen molar-refractivity contribution < 1.29 is 13.9 Å². The van der Waals surface area contributed by atoms with Gasteiger partial charge in [0.2, 0.25) is 0 Å². The van der Waals surface area contributed by atoms with Crippen LogP contribution in [0.25, 0.3) is 0 Å². The summed E-state index contributed by atoms with van der Waals surface area (Å²) in [7, 11) is 0. The van der Waals surface area contributed by atoms with Crippen LogP contribution in [0.3, 0.4) is 0 Å². The summed E-state index contributed by atoms with van der Waals surface area (Å²) in [5, 5.41) is 0. The van der Waals surface area contributed by atoms with Crippen LogP contribution < -0.4 is 4.74 Å². The van der Waals surface area contributed by atoms with Crippen molar-refractivity contribution in [3.63, 3.8) is 0 Å². The zero-order chi connectivity index (χ0) is 14.5. The lowest BCUT2D eigenvalue weighted by Gasteiger charge is -2.31. The summed E-state index contributed by atoms with van der Waals surface area (Å²) in [6, 6.07) is 13.3. The van der Waals surface area contributed by atoms with E-state index in [2.05, 4.69) is 0 Å². The largest absolute Gasteiger partial charge is 0.493 e. The standard InChI is InChI=1S/C17H19NO3/c19-17(16-7-4-12-20-16)18-10-8-14(9-11-18)13-21-15-5-2-1-3-6-15/h1-7,12,14H,8-11,13H2. The monoisotopic (exact) mass is 285 g/mol. The number of ether oxygens (including phenoxy) is 1. The molecule has 3 rings (SSSR count). The second kappa shape index (κ2) is 6.48. The quantitative estimate of drug-likeness (QED) is 0.866. The fraction of sp³-hybridized carbons (Fsp3) is 0.353. The summed E-state index contributed by atoms with van der Waals surface area (Å²) in [6.45, 7) is 2.25. The van der Waals surface area contributed by atoms with Gasteiger partial charge in [0.15, 0.2) is 5.76 Å². The molecule has 4 nitrogen and oxygen atoms in total. The van der Waals surface area contributed by atoms with E-state index in [9.17, 15) is 4.79 Å². The molecule has 0 aliphatic carbocycles. The number of benzene rings is 1. The van der Waals surface area contributed by atoms with Crippen molar-refractivity contribution in [3.8, 4) is 5.75 Å². The van der Waals surface area contributed by atoms with Gasteiger partial charge >= 0.3 is 0 Å². The molecule has 4 heteroatoms. The van der Waals surface area contributed by atoms with Crippen LogP contribution in [0.5, 0.6) is 5.75 Å². The molecule has 2 aromatic rings. The number of carbonyl (C=O) groups excluding carboxylic acids is 1. The number of likely N-dealkylation sites (tertiary alicyclic amines) is 1. The van der Waals surface area contributed by atoms with Gasteiger partial charge < -0.3 is 14.1 Å². The van der Waals surface area contributed by atoms with Crippen LogP contribution in [-0.2, 0) is 0 Å². The van der Waals surface area contributed by atoms with Gasteiger partial charge in [-0.15, -0.1) is 0 Å². The molecule has 1 aliphatic heterocycles. The van der Waals surface area contributed by atoms with E-state index in [-0.39, 0.29) is 5.91 Å². The molecular formula is C17H19NO3. The number of para-hydroxylation sites is 1. The Bertz CT molecular complexity index is 557. The molecule has 1 amide bonds. The van der Waals surface area contributed by atoms with Gasteiger partial charge in [0.05, 0.1) is 12.9 Å². The summed E-state index contributed by atoms with van der Waals surface area (Å²) in [5.41, 5.74) is 0. The van der Waals surface area contributed by atoms with Gasteiger partial charge in [-0.2, -0.15) is 0 Å². The average Bonchev–Trinajstić information content (AvgIpc) is 3.08. The zero-order valence-corrected chi connectivity index (χ0v) is 11.9. The number of hydrogen-bond acceptors (Lipinski definition) is 3. The summed E-state index contributed by atoms with van der Waals surface area (Å²) < 4.78 is 11.0. The molecule has 2 heterocycles. The molecule has 0 radical (unpaired) electrons. The fourth-order valence-corrected chi connectivity index (χ4v) is 2.59. The van der Waals surface area contributed by atoms with E-state index < -0.39 is 0 Å². The Kier molecular flexibility index (Phi) is 4.24. The average molecular weight is 285 g/mol. The first kappa shape index (κ1) is 13.7. The second-order valence-electron chi connectivity index (χ2n) is 5.34. The Labute approximate surface area is 124 Å². The molecule has 1 aliphatic rings. The van der Waals surface area contributed by atoms with Crippen LogP contribution in [0.15, 0.2) is 53.1 Å².